The molecule has 1 aliphatic rings. The molecule has 1 rings (SSSR count). The van der Waals surface area contributed by atoms with Gasteiger partial charge < -0.3 is 24.6 Å². The summed E-state index contributed by atoms with van der Waals surface area (Å²) in [6.45, 7) is 4.35. The lowest BCUT2D eigenvalue weighted by atomic mass is 9.79. The highest BCUT2D eigenvalue weighted by molar-refractivity contribution is 5.75. The molecule has 0 saturated carbocycles. The van der Waals surface area contributed by atoms with Crippen LogP contribution in [0.2, 0.25) is 0 Å². The van der Waals surface area contributed by atoms with E-state index in [1.807, 2.05) is 26.2 Å². The number of carbonyl (C=O) groups excluding carboxylic acids is 3. The average Bonchev–Trinajstić information content (AvgIpc) is 2.99. The van der Waals surface area contributed by atoms with E-state index in [1.165, 1.54) is 97.0 Å². The van der Waals surface area contributed by atoms with Gasteiger partial charge in [-0.3, -0.25) is 9.59 Å². The molecule has 8 heteroatoms. The Kier molecular flexibility index (Phi) is 23.0. The molecule has 0 fully saturated rings. The number of methoxy groups -OCH3 is 1. The highest BCUT2D eigenvalue weighted by Gasteiger charge is 2.39. The minimum atomic E-state index is -0.552. The second kappa shape index (κ2) is 25.4. The molecule has 8 nitrogen and oxygen atoms in total. The van der Waals surface area contributed by atoms with Crippen molar-refractivity contribution < 1.29 is 23.9 Å². The first-order valence-corrected chi connectivity index (χ1v) is 16.9. The maximum atomic E-state index is 12.5. The van der Waals surface area contributed by atoms with Crippen LogP contribution in [0.3, 0.4) is 0 Å². The lowest BCUT2D eigenvalue weighted by Gasteiger charge is -2.38. The monoisotopic (exact) mass is 593 g/mol. The van der Waals surface area contributed by atoms with Crippen LogP contribution in [-0.4, -0.2) is 81.8 Å². The first kappa shape index (κ1) is 37.9. The summed E-state index contributed by atoms with van der Waals surface area (Å²) in [7, 11) is 5.34. The van der Waals surface area contributed by atoms with E-state index in [2.05, 4.69) is 17.1 Å². The van der Waals surface area contributed by atoms with E-state index < -0.39 is 12.0 Å². The number of nitrogens with zero attached hydrogens (tertiary/aromatic N) is 2. The molecular weight excluding hydrogens is 530 g/mol. The van der Waals surface area contributed by atoms with Gasteiger partial charge in [0.05, 0.1) is 19.6 Å². The van der Waals surface area contributed by atoms with Crippen molar-refractivity contribution in [2.75, 3.05) is 47.4 Å². The van der Waals surface area contributed by atoms with Gasteiger partial charge in [-0.2, -0.15) is 0 Å². The number of hydrogen-bond acceptors (Lipinski definition) is 6. The molecule has 42 heavy (non-hydrogen) atoms. The van der Waals surface area contributed by atoms with Crippen molar-refractivity contribution >= 4 is 18.5 Å². The fourth-order valence-electron chi connectivity index (χ4n) is 5.85. The zero-order valence-electron chi connectivity index (χ0n) is 27.5. The van der Waals surface area contributed by atoms with Crippen LogP contribution in [0.1, 0.15) is 122 Å². The Balaban J connectivity index is 2.33. The molecule has 3 atom stereocenters. The molecule has 0 saturated heterocycles. The Hall–Kier alpha value is -2.09. The number of rotatable bonds is 26. The Bertz CT molecular complexity index is 730. The number of unbranched alkanes of at least 4 members (excludes halogenated alkanes) is 15. The molecule has 3 unspecified atom stereocenters. The van der Waals surface area contributed by atoms with Crippen LogP contribution >= 0.6 is 0 Å². The summed E-state index contributed by atoms with van der Waals surface area (Å²) in [4.78, 5) is 40.8. The van der Waals surface area contributed by atoms with Crippen LogP contribution in [0, 0.1) is 11.8 Å². The largest absolute Gasteiger partial charge is 0.469 e. The van der Waals surface area contributed by atoms with Gasteiger partial charge >= 0.3 is 12.1 Å². The molecule has 1 aliphatic carbocycles. The number of hydrogen-bond donors (Lipinski definition) is 1. The van der Waals surface area contributed by atoms with Gasteiger partial charge in [-0.15, -0.1) is 0 Å². The predicted octanol–water partition coefficient (Wildman–Crippen LogP) is 7.12. The second-order valence-corrected chi connectivity index (χ2v) is 12.3. The van der Waals surface area contributed by atoms with Gasteiger partial charge in [-0.05, 0) is 39.9 Å². The number of amides is 2. The van der Waals surface area contributed by atoms with Crippen LogP contribution in [-0.2, 0) is 19.1 Å². The van der Waals surface area contributed by atoms with Gasteiger partial charge in [0.1, 0.15) is 0 Å². The highest BCUT2D eigenvalue weighted by atomic mass is 16.5. The Morgan fingerprint density at radius 1 is 0.833 bits per heavy atom. The van der Waals surface area contributed by atoms with Gasteiger partial charge in [-0.1, -0.05) is 115 Å². The van der Waals surface area contributed by atoms with Gasteiger partial charge in [-0.25, -0.2) is 4.79 Å². The molecule has 0 heterocycles. The highest BCUT2D eigenvalue weighted by Crippen LogP contribution is 2.30. The molecule has 0 aromatic heterocycles. The molecule has 244 valence electrons. The van der Waals surface area contributed by atoms with Crippen LogP contribution in [0.4, 0.5) is 4.79 Å². The Morgan fingerprint density at radius 2 is 1.38 bits per heavy atom. The van der Waals surface area contributed by atoms with E-state index in [9.17, 15) is 14.4 Å². The molecule has 0 aromatic carbocycles. The Morgan fingerprint density at radius 3 is 1.88 bits per heavy atom. The first-order chi connectivity index (χ1) is 20.4. The fourth-order valence-corrected chi connectivity index (χ4v) is 5.85. The van der Waals surface area contributed by atoms with Crippen molar-refractivity contribution in [3.05, 3.63) is 12.2 Å². The maximum Gasteiger partial charge on any atom is 0.407 e. The zero-order valence-corrected chi connectivity index (χ0v) is 27.5. The van der Waals surface area contributed by atoms with Crippen molar-refractivity contribution in [1.29, 1.82) is 0 Å². The minimum absolute atomic E-state index is 0.0532. The van der Waals surface area contributed by atoms with Gasteiger partial charge in [0, 0.05) is 25.0 Å². The van der Waals surface area contributed by atoms with Crippen LogP contribution in [0.25, 0.3) is 0 Å². The van der Waals surface area contributed by atoms with E-state index in [4.69, 9.17) is 9.47 Å². The lowest BCUT2D eigenvalue weighted by Crippen LogP contribution is -2.48. The van der Waals surface area contributed by atoms with E-state index in [-0.39, 0.29) is 24.5 Å². The SMILES string of the molecule is CCCCCCCCCCCCCCCCCCN(C=O)C1CC=CC(C(=O)OC)C1COC(=O)NCCCN(C)C. The summed E-state index contributed by atoms with van der Waals surface area (Å²) in [5.74, 6) is -1.27. The summed E-state index contributed by atoms with van der Waals surface area (Å²) in [6.07, 6.45) is 26.5. The van der Waals surface area contributed by atoms with E-state index >= 15 is 0 Å². The first-order valence-electron chi connectivity index (χ1n) is 16.9. The van der Waals surface area contributed by atoms with Crippen molar-refractivity contribution in [2.45, 2.75) is 129 Å². The van der Waals surface area contributed by atoms with Crippen LogP contribution in [0.15, 0.2) is 12.2 Å². The summed E-state index contributed by atoms with van der Waals surface area (Å²) in [5, 5.41) is 2.77. The molecule has 0 radical (unpaired) electrons. The minimum Gasteiger partial charge on any atom is -0.469 e. The number of alkyl carbamates (subject to hydrolysis) is 1. The number of esters is 1. The molecule has 2 amide bonds. The summed E-state index contributed by atoms with van der Waals surface area (Å²) in [5.41, 5.74) is 0. The third-order valence-electron chi connectivity index (χ3n) is 8.44. The smallest absolute Gasteiger partial charge is 0.407 e. The van der Waals surface area contributed by atoms with Crippen molar-refractivity contribution in [3.63, 3.8) is 0 Å². The van der Waals surface area contributed by atoms with E-state index in [1.54, 1.807) is 4.90 Å². The summed E-state index contributed by atoms with van der Waals surface area (Å²) >= 11 is 0. The quantitative estimate of drug-likeness (QED) is 0.0497. The van der Waals surface area contributed by atoms with Gasteiger partial charge in [0.25, 0.3) is 0 Å². The van der Waals surface area contributed by atoms with Gasteiger partial charge in [0.2, 0.25) is 6.41 Å². The normalized spacial score (nSPS) is 18.2. The topological polar surface area (TPSA) is 88.2 Å². The molecular formula is C34H63N3O5. The fraction of sp³-hybridized carbons (Fsp3) is 0.853. The molecule has 0 aliphatic heterocycles. The molecule has 0 aromatic rings. The Labute approximate surface area is 257 Å². The van der Waals surface area contributed by atoms with Crippen molar-refractivity contribution in [3.8, 4) is 0 Å². The number of nitrogens with one attached hydrogen (secondary N) is 1. The third-order valence-corrected chi connectivity index (χ3v) is 8.44. The standard InChI is InChI=1S/C34H63N3O5/c1-5-6-7-8-9-10-11-12-13-14-15-16-17-18-19-20-27-37(29-38)32-24-21-23-30(33(39)41-4)31(32)28-42-34(40)35-25-22-26-36(2)3/h21,23,29-32H,5-20,22,24-28H2,1-4H3,(H,35,40). The summed E-state index contributed by atoms with van der Waals surface area (Å²) < 4.78 is 10.6. The summed E-state index contributed by atoms with van der Waals surface area (Å²) in [6, 6.07) is -0.213. The number of carbonyl (C=O) groups is 3. The number of ether oxygens (including phenoxy) is 2. The molecule has 0 bridgehead atoms. The van der Waals surface area contributed by atoms with Crippen molar-refractivity contribution in [1.82, 2.24) is 15.1 Å². The lowest BCUT2D eigenvalue weighted by molar-refractivity contribution is -0.148. The maximum absolute atomic E-state index is 12.5. The second-order valence-electron chi connectivity index (χ2n) is 12.3. The van der Waals surface area contributed by atoms with E-state index in [0.717, 1.165) is 32.2 Å². The molecule has 1 N–H and O–H groups in total. The third kappa shape index (κ3) is 17.8. The van der Waals surface area contributed by atoms with Gasteiger partial charge in [0.15, 0.2) is 0 Å². The van der Waals surface area contributed by atoms with E-state index in [0.29, 0.717) is 19.5 Å². The van der Waals surface area contributed by atoms with Crippen LogP contribution < -0.4 is 5.32 Å². The molecule has 0 spiro atoms. The van der Waals surface area contributed by atoms with Crippen LogP contribution in [0.5, 0.6) is 0 Å². The zero-order chi connectivity index (χ0) is 30.8. The van der Waals surface area contributed by atoms with Crippen molar-refractivity contribution in [2.24, 2.45) is 11.8 Å². The average molecular weight is 594 g/mol. The predicted molar refractivity (Wildman–Crippen MR) is 171 cm³/mol.